The van der Waals surface area contributed by atoms with Gasteiger partial charge in [0.1, 0.15) is 17.3 Å². The fourth-order valence-electron chi connectivity index (χ4n) is 1.79. The minimum atomic E-state index is -0.842. The van der Waals surface area contributed by atoms with Crippen LogP contribution in [0.5, 0.6) is 0 Å². The summed E-state index contributed by atoms with van der Waals surface area (Å²) in [4.78, 5) is 23.1. The largest absolute Gasteiger partial charge is 0.316 e. The first-order chi connectivity index (χ1) is 9.97. The first-order valence-electron chi connectivity index (χ1n) is 6.21. The van der Waals surface area contributed by atoms with Crippen LogP contribution in [-0.4, -0.2) is 11.7 Å². The minimum Gasteiger partial charge on any atom is -0.316 e. The quantitative estimate of drug-likeness (QED) is 0.692. The number of para-hydroxylation sites is 1. The Kier molecular flexibility index (Phi) is 4.37. The Morgan fingerprint density at radius 2 is 1.81 bits per heavy atom. The highest BCUT2D eigenvalue weighted by atomic mass is 19.1. The molecule has 0 radical (unpaired) electrons. The van der Waals surface area contributed by atoms with E-state index in [0.717, 1.165) is 12.1 Å². The molecular weight excluding hydrogens is 278 g/mol. The smallest absolute Gasteiger partial charge is 0.290 e. The summed E-state index contributed by atoms with van der Waals surface area (Å²) in [5, 5.41) is 2.18. The SMILES string of the molecule is CC(=O)c1ccc[n+](CC(=O)Nc2c(F)cccc2F)c1. The van der Waals surface area contributed by atoms with E-state index in [0.29, 0.717) is 5.56 Å². The van der Waals surface area contributed by atoms with Crippen LogP contribution in [0.15, 0.2) is 42.7 Å². The number of anilines is 1. The molecule has 0 aliphatic heterocycles. The lowest BCUT2D eigenvalue weighted by molar-refractivity contribution is -0.684. The molecule has 0 atom stereocenters. The Labute approximate surface area is 120 Å². The molecule has 1 aromatic heterocycles. The van der Waals surface area contributed by atoms with Crippen molar-refractivity contribution in [1.82, 2.24) is 0 Å². The van der Waals surface area contributed by atoms with Crippen LogP contribution in [0.3, 0.4) is 0 Å². The van der Waals surface area contributed by atoms with E-state index in [-0.39, 0.29) is 12.3 Å². The van der Waals surface area contributed by atoms with Crippen LogP contribution in [0.1, 0.15) is 17.3 Å². The number of aromatic nitrogens is 1. The number of hydrogen-bond acceptors (Lipinski definition) is 2. The Hall–Kier alpha value is -2.63. The predicted octanol–water partition coefficient (Wildman–Crippen LogP) is 2.09. The Bertz CT molecular complexity index is 682. The molecular formula is C15H13F2N2O2+. The molecule has 108 valence electrons. The second kappa shape index (κ2) is 6.21. The topological polar surface area (TPSA) is 50.0 Å². The van der Waals surface area contributed by atoms with Crippen molar-refractivity contribution in [2.24, 2.45) is 0 Å². The Morgan fingerprint density at radius 1 is 1.14 bits per heavy atom. The van der Waals surface area contributed by atoms with E-state index in [1.807, 2.05) is 0 Å². The highest BCUT2D eigenvalue weighted by Crippen LogP contribution is 2.17. The molecule has 2 aromatic rings. The van der Waals surface area contributed by atoms with Gasteiger partial charge in [-0.2, -0.15) is 4.57 Å². The average molecular weight is 291 g/mol. The molecule has 0 fully saturated rings. The molecule has 6 heteroatoms. The third kappa shape index (κ3) is 3.68. The van der Waals surface area contributed by atoms with Gasteiger partial charge in [0.2, 0.25) is 6.54 Å². The van der Waals surface area contributed by atoms with Crippen LogP contribution >= 0.6 is 0 Å². The third-order valence-electron chi connectivity index (χ3n) is 2.82. The number of benzene rings is 1. The third-order valence-corrected chi connectivity index (χ3v) is 2.82. The first kappa shape index (κ1) is 14.8. The molecule has 0 unspecified atom stereocenters. The zero-order valence-electron chi connectivity index (χ0n) is 11.3. The molecule has 1 aromatic carbocycles. The molecule has 1 amide bonds. The van der Waals surface area contributed by atoms with Gasteiger partial charge in [-0.3, -0.25) is 9.59 Å². The van der Waals surface area contributed by atoms with Crippen LogP contribution in [0.2, 0.25) is 0 Å². The van der Waals surface area contributed by atoms with Gasteiger partial charge in [-0.15, -0.1) is 0 Å². The highest BCUT2D eigenvalue weighted by Gasteiger charge is 2.16. The number of carbonyl (C=O) groups is 2. The zero-order valence-corrected chi connectivity index (χ0v) is 11.3. The fourth-order valence-corrected chi connectivity index (χ4v) is 1.79. The zero-order chi connectivity index (χ0) is 15.4. The van der Waals surface area contributed by atoms with Crippen molar-refractivity contribution in [1.29, 1.82) is 0 Å². The number of halogens is 2. The average Bonchev–Trinajstić information content (AvgIpc) is 2.43. The van der Waals surface area contributed by atoms with E-state index >= 15 is 0 Å². The highest BCUT2D eigenvalue weighted by molar-refractivity contribution is 5.93. The van der Waals surface area contributed by atoms with Crippen LogP contribution < -0.4 is 9.88 Å². The maximum atomic E-state index is 13.4. The predicted molar refractivity (Wildman–Crippen MR) is 71.6 cm³/mol. The van der Waals surface area contributed by atoms with Gasteiger partial charge < -0.3 is 5.32 Å². The van der Waals surface area contributed by atoms with Gasteiger partial charge in [-0.1, -0.05) is 6.07 Å². The molecule has 0 bridgehead atoms. The molecule has 2 rings (SSSR count). The lowest BCUT2D eigenvalue weighted by Gasteiger charge is -2.05. The van der Waals surface area contributed by atoms with E-state index < -0.39 is 23.2 Å². The summed E-state index contributed by atoms with van der Waals surface area (Å²) < 4.78 is 28.3. The van der Waals surface area contributed by atoms with Crippen molar-refractivity contribution in [3.63, 3.8) is 0 Å². The summed E-state index contributed by atoms with van der Waals surface area (Å²) >= 11 is 0. The van der Waals surface area contributed by atoms with Crippen LogP contribution in [0, 0.1) is 11.6 Å². The summed E-state index contributed by atoms with van der Waals surface area (Å²) in [6, 6.07) is 6.57. The van der Waals surface area contributed by atoms with E-state index in [9.17, 15) is 18.4 Å². The maximum Gasteiger partial charge on any atom is 0.290 e. The number of hydrogen-bond donors (Lipinski definition) is 1. The van der Waals surface area contributed by atoms with Gasteiger partial charge in [-0.25, -0.2) is 8.78 Å². The second-order valence-electron chi connectivity index (χ2n) is 4.47. The monoisotopic (exact) mass is 291 g/mol. The molecule has 0 saturated carbocycles. The number of nitrogens with one attached hydrogen (secondary N) is 1. The van der Waals surface area contributed by atoms with E-state index in [2.05, 4.69) is 5.32 Å². The molecule has 1 N–H and O–H groups in total. The minimum absolute atomic E-state index is 0.134. The van der Waals surface area contributed by atoms with Gasteiger partial charge in [0, 0.05) is 6.07 Å². The van der Waals surface area contributed by atoms with Crippen molar-refractivity contribution >= 4 is 17.4 Å². The molecule has 0 aliphatic rings. The molecule has 21 heavy (non-hydrogen) atoms. The van der Waals surface area contributed by atoms with Crippen molar-refractivity contribution < 1.29 is 22.9 Å². The van der Waals surface area contributed by atoms with Crippen molar-refractivity contribution in [3.8, 4) is 0 Å². The molecule has 4 nitrogen and oxygen atoms in total. The van der Waals surface area contributed by atoms with Gasteiger partial charge >= 0.3 is 0 Å². The number of ketones is 1. The van der Waals surface area contributed by atoms with Crippen molar-refractivity contribution in [2.75, 3.05) is 5.32 Å². The van der Waals surface area contributed by atoms with E-state index in [1.54, 1.807) is 18.3 Å². The standard InChI is InChI=1S/C15H12F2N2O2/c1-10(20)11-4-3-7-19(8-11)9-14(21)18-15-12(16)5-2-6-13(15)17/h2-8H,9H2,1H3/p+1. The van der Waals surface area contributed by atoms with Crippen molar-refractivity contribution in [3.05, 3.63) is 59.9 Å². The normalized spacial score (nSPS) is 10.2. The number of carbonyl (C=O) groups excluding carboxylic acids is 2. The van der Waals surface area contributed by atoms with Crippen molar-refractivity contribution in [2.45, 2.75) is 13.5 Å². The summed E-state index contributed by atoms with van der Waals surface area (Å²) in [5.41, 5.74) is -0.0341. The summed E-state index contributed by atoms with van der Waals surface area (Å²) in [5.74, 6) is -2.41. The van der Waals surface area contributed by atoms with Crippen LogP contribution in [0.4, 0.5) is 14.5 Å². The second-order valence-corrected chi connectivity index (χ2v) is 4.47. The number of rotatable bonds is 4. The first-order valence-corrected chi connectivity index (χ1v) is 6.21. The summed E-state index contributed by atoms with van der Waals surface area (Å²) in [6.07, 6.45) is 3.09. The number of pyridine rings is 1. The lowest BCUT2D eigenvalue weighted by Crippen LogP contribution is -2.40. The fraction of sp³-hybridized carbons (Fsp3) is 0.133. The van der Waals surface area contributed by atoms with Gasteiger partial charge in [-0.05, 0) is 25.1 Å². The van der Waals surface area contributed by atoms with Crippen LogP contribution in [-0.2, 0) is 11.3 Å². The van der Waals surface area contributed by atoms with Gasteiger partial charge in [0.25, 0.3) is 5.91 Å². The summed E-state index contributed by atoms with van der Waals surface area (Å²) in [6.45, 7) is 1.25. The van der Waals surface area contributed by atoms with E-state index in [1.165, 1.54) is 23.8 Å². The van der Waals surface area contributed by atoms with Gasteiger partial charge in [0.05, 0.1) is 5.56 Å². The molecule has 1 heterocycles. The van der Waals surface area contributed by atoms with Gasteiger partial charge in [0.15, 0.2) is 18.2 Å². The van der Waals surface area contributed by atoms with Crippen LogP contribution in [0.25, 0.3) is 0 Å². The lowest BCUT2D eigenvalue weighted by atomic mass is 10.2. The molecule has 0 saturated heterocycles. The maximum absolute atomic E-state index is 13.4. The Morgan fingerprint density at radius 3 is 2.43 bits per heavy atom. The summed E-state index contributed by atoms with van der Waals surface area (Å²) in [7, 11) is 0. The number of amides is 1. The number of Topliss-reactive ketones (excluding diaryl/α,β-unsaturated/α-hetero) is 1. The Balaban J connectivity index is 2.12. The molecule has 0 spiro atoms. The molecule has 0 aliphatic carbocycles. The number of nitrogens with zero attached hydrogens (tertiary/aromatic N) is 1. The van der Waals surface area contributed by atoms with E-state index in [4.69, 9.17) is 0 Å².